The zero-order valence-electron chi connectivity index (χ0n) is 5.87. The Morgan fingerprint density at radius 2 is 2.36 bits per heavy atom. The van der Waals surface area contributed by atoms with Crippen LogP contribution in [-0.4, -0.2) is 15.4 Å². The van der Waals surface area contributed by atoms with Crippen LogP contribution < -0.4 is 0 Å². The third kappa shape index (κ3) is 1.91. The second-order valence-corrected chi connectivity index (χ2v) is 4.68. The Bertz CT molecular complexity index is 361. The Hall–Kier alpha value is -0.610. The van der Waals surface area contributed by atoms with E-state index in [9.17, 15) is 4.21 Å². The van der Waals surface area contributed by atoms with E-state index in [-0.39, 0.29) is 5.02 Å². The summed E-state index contributed by atoms with van der Waals surface area (Å²) in [5.74, 6) is 0. The first-order chi connectivity index (χ1) is 5.02. The maximum Gasteiger partial charge on any atom is 0.0759 e. The van der Waals surface area contributed by atoms with Gasteiger partial charge in [0.1, 0.15) is 0 Å². The van der Waals surface area contributed by atoms with Crippen LogP contribution in [0.5, 0.6) is 0 Å². The first-order valence-corrected chi connectivity index (χ1v) is 5.19. The lowest BCUT2D eigenvalue weighted by molar-refractivity contribution is 0.679. The number of hydrogen-bond acceptors (Lipinski definition) is 3. The van der Waals surface area contributed by atoms with Crippen molar-refractivity contribution in [2.24, 2.45) is 0 Å². The molecule has 0 fully saturated rings. The zero-order valence-corrected chi connectivity index (χ0v) is 7.45. The molecule has 0 saturated carbocycles. The van der Waals surface area contributed by atoms with E-state index in [1.807, 2.05) is 0 Å². The quantitative estimate of drug-likeness (QED) is 0.734. The highest BCUT2D eigenvalue weighted by Gasteiger charge is 2.06. The van der Waals surface area contributed by atoms with Crippen molar-refractivity contribution in [3.05, 3.63) is 23.5 Å². The van der Waals surface area contributed by atoms with Crippen molar-refractivity contribution in [1.82, 2.24) is 4.98 Å². The van der Waals surface area contributed by atoms with Crippen LogP contribution in [0.25, 0.3) is 0 Å². The maximum absolute atomic E-state index is 11.2. The molecule has 3 nitrogen and oxygen atoms in total. The fraction of sp³-hybridized carbons (Fsp3) is 0.167. The smallest absolute Gasteiger partial charge is 0.0759 e. The second kappa shape index (κ2) is 2.79. The highest BCUT2D eigenvalue weighted by atomic mass is 35.5. The van der Waals surface area contributed by atoms with Gasteiger partial charge in [-0.3, -0.25) is 4.98 Å². The zero-order chi connectivity index (χ0) is 8.48. The van der Waals surface area contributed by atoms with E-state index >= 15 is 0 Å². The fourth-order valence-electron chi connectivity index (χ4n) is 0.678. The summed E-state index contributed by atoms with van der Waals surface area (Å²) < 4.78 is 18.4. The minimum Gasteiger partial charge on any atom is -0.263 e. The first kappa shape index (κ1) is 8.49. The van der Waals surface area contributed by atoms with Crippen LogP contribution >= 0.6 is 11.6 Å². The molecule has 0 aliphatic carbocycles. The van der Waals surface area contributed by atoms with Gasteiger partial charge in [-0.15, -0.1) is 0 Å². The molecule has 1 aromatic heterocycles. The standard InChI is InChI=1S/C6H7ClN2OS/c1-11(8,10)6-2-3-9-4-5(6)7/h2-4,8H,1H3. The summed E-state index contributed by atoms with van der Waals surface area (Å²) in [5, 5.41) is 0.287. The summed E-state index contributed by atoms with van der Waals surface area (Å²) in [6.07, 6.45) is 4.18. The van der Waals surface area contributed by atoms with Crippen LogP contribution in [0.2, 0.25) is 5.02 Å². The van der Waals surface area contributed by atoms with Crippen molar-refractivity contribution >= 4 is 21.3 Å². The molecule has 11 heavy (non-hydrogen) atoms. The van der Waals surface area contributed by atoms with E-state index in [1.54, 1.807) is 0 Å². The van der Waals surface area contributed by atoms with Crippen LogP contribution in [0.15, 0.2) is 23.4 Å². The Labute approximate surface area is 70.4 Å². The molecule has 5 heteroatoms. The van der Waals surface area contributed by atoms with Crippen molar-refractivity contribution in [1.29, 1.82) is 4.78 Å². The van der Waals surface area contributed by atoms with Gasteiger partial charge in [-0.25, -0.2) is 8.99 Å². The predicted octanol–water partition coefficient (Wildman–Crippen LogP) is 1.77. The molecule has 0 aliphatic heterocycles. The summed E-state index contributed by atoms with van der Waals surface area (Å²) in [7, 11) is -2.71. The van der Waals surface area contributed by atoms with Gasteiger partial charge >= 0.3 is 0 Å². The van der Waals surface area contributed by atoms with Gasteiger partial charge in [0.05, 0.1) is 19.6 Å². The van der Waals surface area contributed by atoms with E-state index < -0.39 is 9.73 Å². The first-order valence-electron chi connectivity index (χ1n) is 2.85. The molecule has 0 saturated heterocycles. The summed E-state index contributed by atoms with van der Waals surface area (Å²) in [5.41, 5.74) is 0. The number of hydrogen-bond donors (Lipinski definition) is 1. The minimum atomic E-state index is -2.71. The molecule has 1 rings (SSSR count). The number of pyridine rings is 1. The van der Waals surface area contributed by atoms with Gasteiger partial charge in [0.2, 0.25) is 0 Å². The van der Waals surface area contributed by atoms with Crippen LogP contribution in [0.4, 0.5) is 0 Å². The summed E-state index contributed by atoms with van der Waals surface area (Å²) in [6, 6.07) is 1.50. The molecule has 1 heterocycles. The van der Waals surface area contributed by atoms with Crippen molar-refractivity contribution in [2.75, 3.05) is 6.26 Å². The van der Waals surface area contributed by atoms with Crippen LogP contribution in [0.3, 0.4) is 0 Å². The molecule has 0 spiro atoms. The molecule has 0 aliphatic rings. The molecule has 0 aromatic carbocycles. The Kier molecular flexibility index (Phi) is 2.15. The van der Waals surface area contributed by atoms with Crippen molar-refractivity contribution in [3.63, 3.8) is 0 Å². The van der Waals surface area contributed by atoms with Crippen LogP contribution in [-0.2, 0) is 9.73 Å². The Balaban J connectivity index is 3.37. The number of halogens is 1. The van der Waals surface area contributed by atoms with Crippen LogP contribution in [0.1, 0.15) is 0 Å². The Morgan fingerprint density at radius 1 is 1.73 bits per heavy atom. The van der Waals surface area contributed by atoms with Crippen molar-refractivity contribution in [3.8, 4) is 0 Å². The van der Waals surface area contributed by atoms with Gasteiger partial charge in [-0.05, 0) is 6.07 Å². The molecule has 0 amide bonds. The van der Waals surface area contributed by atoms with Gasteiger partial charge in [0.15, 0.2) is 0 Å². The van der Waals surface area contributed by atoms with E-state index in [0.717, 1.165) is 0 Å². The molecule has 0 radical (unpaired) electrons. The minimum absolute atomic E-state index is 0.287. The topological polar surface area (TPSA) is 53.8 Å². The molecular formula is C6H7ClN2OS. The lowest BCUT2D eigenvalue weighted by Gasteiger charge is -2.00. The van der Waals surface area contributed by atoms with Gasteiger partial charge in [-0.2, -0.15) is 0 Å². The Morgan fingerprint density at radius 3 is 2.73 bits per heavy atom. The number of aromatic nitrogens is 1. The molecular weight excluding hydrogens is 184 g/mol. The van der Waals surface area contributed by atoms with E-state index in [1.165, 1.54) is 24.7 Å². The highest BCUT2D eigenvalue weighted by Crippen LogP contribution is 2.18. The largest absolute Gasteiger partial charge is 0.263 e. The normalized spacial score (nSPS) is 15.8. The van der Waals surface area contributed by atoms with E-state index in [4.69, 9.17) is 16.4 Å². The van der Waals surface area contributed by atoms with Crippen molar-refractivity contribution in [2.45, 2.75) is 4.90 Å². The third-order valence-electron chi connectivity index (χ3n) is 1.15. The SMILES string of the molecule is CS(=N)(=O)c1ccncc1Cl. The lowest BCUT2D eigenvalue weighted by atomic mass is 10.5. The molecule has 1 atom stereocenters. The second-order valence-electron chi connectivity index (χ2n) is 2.15. The van der Waals surface area contributed by atoms with Crippen molar-refractivity contribution < 1.29 is 4.21 Å². The number of nitrogens with one attached hydrogen (secondary N) is 1. The molecule has 0 bridgehead atoms. The summed E-state index contributed by atoms with van der Waals surface area (Å²) in [4.78, 5) is 4.06. The molecule has 1 N–H and O–H groups in total. The molecule has 60 valence electrons. The van der Waals surface area contributed by atoms with Gasteiger partial charge in [0.25, 0.3) is 0 Å². The van der Waals surface area contributed by atoms with Gasteiger partial charge in [-0.1, -0.05) is 11.6 Å². The number of nitrogens with zero attached hydrogens (tertiary/aromatic N) is 1. The van der Waals surface area contributed by atoms with Gasteiger partial charge in [0, 0.05) is 18.6 Å². The third-order valence-corrected chi connectivity index (χ3v) is 2.76. The average Bonchev–Trinajstić information content (AvgIpc) is 1.86. The van der Waals surface area contributed by atoms with Crippen LogP contribution in [0, 0.1) is 4.78 Å². The summed E-state index contributed by atoms with van der Waals surface area (Å²) in [6.45, 7) is 0. The van der Waals surface area contributed by atoms with E-state index in [2.05, 4.69) is 4.98 Å². The maximum atomic E-state index is 11.2. The number of rotatable bonds is 1. The van der Waals surface area contributed by atoms with Gasteiger partial charge < -0.3 is 0 Å². The fourth-order valence-corrected chi connectivity index (χ4v) is 1.98. The summed E-state index contributed by atoms with van der Waals surface area (Å²) >= 11 is 5.65. The molecule has 1 unspecified atom stereocenters. The lowest BCUT2D eigenvalue weighted by Crippen LogP contribution is -1.95. The highest BCUT2D eigenvalue weighted by molar-refractivity contribution is 7.91. The monoisotopic (exact) mass is 190 g/mol. The van der Waals surface area contributed by atoms with E-state index in [0.29, 0.717) is 4.90 Å². The average molecular weight is 191 g/mol. The molecule has 1 aromatic rings. The predicted molar refractivity (Wildman–Crippen MR) is 44.3 cm³/mol.